The third kappa shape index (κ3) is 3.70. The number of aromatic amines is 1. The fourth-order valence-electron chi connectivity index (χ4n) is 5.47. The molecule has 1 N–H and O–H groups in total. The molecule has 1 saturated carbocycles. The van der Waals surface area contributed by atoms with Gasteiger partial charge >= 0.3 is 5.97 Å². The van der Waals surface area contributed by atoms with Gasteiger partial charge in [0.25, 0.3) is 0 Å². The minimum absolute atomic E-state index is 0.272. The van der Waals surface area contributed by atoms with Crippen LogP contribution in [0.4, 0.5) is 4.39 Å². The molecule has 0 radical (unpaired) electrons. The molecule has 1 fully saturated rings. The van der Waals surface area contributed by atoms with Gasteiger partial charge in [0.05, 0.1) is 38.5 Å². The van der Waals surface area contributed by atoms with Gasteiger partial charge in [-0.25, -0.2) is 4.39 Å². The lowest BCUT2D eigenvalue weighted by Gasteiger charge is -2.31. The summed E-state index contributed by atoms with van der Waals surface area (Å²) in [7, 11) is 3.05. The molecule has 34 heavy (non-hydrogen) atoms. The first-order valence-electron chi connectivity index (χ1n) is 11.3. The van der Waals surface area contributed by atoms with Crippen molar-refractivity contribution in [1.29, 1.82) is 0 Å². The predicted octanol–water partition coefficient (Wildman–Crippen LogP) is 5.05. The number of aryl methyl sites for hydroxylation is 1. The summed E-state index contributed by atoms with van der Waals surface area (Å²) in [5, 5.41) is 7.12. The summed E-state index contributed by atoms with van der Waals surface area (Å²) in [4.78, 5) is 12.7. The first kappa shape index (κ1) is 22.3. The molecule has 1 aromatic heterocycles. The van der Waals surface area contributed by atoms with Crippen LogP contribution in [0.1, 0.15) is 35.6 Å². The third-order valence-electron chi connectivity index (χ3n) is 7.11. The number of hydrogen-bond acceptors (Lipinski definition) is 5. The first-order valence-corrected chi connectivity index (χ1v) is 11.3. The van der Waals surface area contributed by atoms with Gasteiger partial charge in [0, 0.05) is 22.7 Å². The lowest BCUT2D eigenvalue weighted by Crippen LogP contribution is -2.34. The molecule has 0 bridgehead atoms. The number of halogens is 1. The van der Waals surface area contributed by atoms with Crippen molar-refractivity contribution < 1.29 is 23.4 Å². The molecule has 3 aromatic rings. The van der Waals surface area contributed by atoms with Crippen molar-refractivity contribution in [2.45, 2.75) is 31.3 Å². The van der Waals surface area contributed by atoms with Crippen LogP contribution < -0.4 is 4.74 Å². The van der Waals surface area contributed by atoms with Gasteiger partial charge in [-0.2, -0.15) is 5.10 Å². The van der Waals surface area contributed by atoms with E-state index in [9.17, 15) is 9.18 Å². The highest BCUT2D eigenvalue weighted by atomic mass is 19.1. The van der Waals surface area contributed by atoms with E-state index in [1.165, 1.54) is 19.2 Å². The second-order valence-electron chi connectivity index (χ2n) is 8.93. The molecule has 1 spiro atoms. The topological polar surface area (TPSA) is 73.4 Å². The zero-order chi connectivity index (χ0) is 23.9. The highest BCUT2D eigenvalue weighted by Crippen LogP contribution is 2.54. The normalized spacial score (nSPS) is 23.8. The van der Waals surface area contributed by atoms with Gasteiger partial charge in [-0.1, -0.05) is 18.2 Å². The number of aromatic nitrogens is 2. The Morgan fingerprint density at radius 1 is 1.18 bits per heavy atom. The Kier molecular flexibility index (Phi) is 5.73. The van der Waals surface area contributed by atoms with Crippen LogP contribution in [-0.2, 0) is 14.3 Å². The van der Waals surface area contributed by atoms with Gasteiger partial charge < -0.3 is 14.2 Å². The zero-order valence-electron chi connectivity index (χ0n) is 19.4. The summed E-state index contributed by atoms with van der Waals surface area (Å²) in [5.74, 6) is -0.481. The van der Waals surface area contributed by atoms with E-state index in [1.807, 2.05) is 25.3 Å². The number of benzene rings is 2. The van der Waals surface area contributed by atoms with Gasteiger partial charge in [-0.05, 0) is 66.8 Å². The van der Waals surface area contributed by atoms with Gasteiger partial charge in [0.1, 0.15) is 11.6 Å². The molecule has 176 valence electrons. The molecular formula is C27H27FN2O4. The highest BCUT2D eigenvalue weighted by molar-refractivity contribution is 5.80. The lowest BCUT2D eigenvalue weighted by atomic mass is 9.79. The second-order valence-corrected chi connectivity index (χ2v) is 8.93. The number of carbonyl (C=O) groups is 1. The Hall–Kier alpha value is -3.45. The number of carbonyl (C=O) groups excluding carboxylic acids is 1. The Morgan fingerprint density at radius 2 is 1.97 bits per heavy atom. The zero-order valence-corrected chi connectivity index (χ0v) is 19.4. The van der Waals surface area contributed by atoms with Gasteiger partial charge in [-0.3, -0.25) is 9.89 Å². The molecule has 7 heteroatoms. The number of hydrogen-bond donors (Lipinski definition) is 1. The molecule has 2 heterocycles. The van der Waals surface area contributed by atoms with E-state index in [0.717, 1.165) is 39.3 Å². The van der Waals surface area contributed by atoms with Gasteiger partial charge in [-0.15, -0.1) is 0 Å². The van der Waals surface area contributed by atoms with Crippen molar-refractivity contribution in [3.05, 3.63) is 77.4 Å². The number of nitrogens with zero attached hydrogens (tertiary/aromatic N) is 1. The van der Waals surface area contributed by atoms with Crippen molar-refractivity contribution in [1.82, 2.24) is 10.2 Å². The maximum Gasteiger partial charge on any atom is 0.309 e. The summed E-state index contributed by atoms with van der Waals surface area (Å²) >= 11 is 0. The molecule has 2 aromatic carbocycles. The van der Waals surface area contributed by atoms with Crippen LogP contribution in [0.3, 0.4) is 0 Å². The number of H-pyrrole nitrogens is 1. The molecule has 3 atom stereocenters. The molecule has 1 aliphatic carbocycles. The monoisotopic (exact) mass is 462 g/mol. The maximum absolute atomic E-state index is 13.7. The van der Waals surface area contributed by atoms with E-state index in [2.05, 4.69) is 22.3 Å². The van der Waals surface area contributed by atoms with Crippen molar-refractivity contribution in [2.24, 2.45) is 5.92 Å². The van der Waals surface area contributed by atoms with Crippen LogP contribution in [0, 0.1) is 18.7 Å². The lowest BCUT2D eigenvalue weighted by molar-refractivity contribution is -0.146. The number of nitrogens with one attached hydrogen (secondary N) is 1. The Balaban J connectivity index is 1.58. The van der Waals surface area contributed by atoms with E-state index in [4.69, 9.17) is 14.2 Å². The molecule has 6 nitrogen and oxygen atoms in total. The maximum atomic E-state index is 13.7. The molecule has 0 saturated heterocycles. The highest BCUT2D eigenvalue weighted by Gasteiger charge is 2.54. The first-order chi connectivity index (χ1) is 16.5. The average molecular weight is 463 g/mol. The standard InChI is InChI=1S/C27H27FN2O4/c1-16-23(14-29-30-16)18-6-9-24(32-2)22(12-18)19-13-27(34-15-19)11-10-21(26(31)33-3)25(27)17-4-7-20(28)8-5-17/h4-9,12-14,21,25H,10-11,15H2,1-3H3,(H,29,30)/t21-,25?,27+/m0/s1. The molecule has 1 aliphatic heterocycles. The molecular weight excluding hydrogens is 435 g/mol. The summed E-state index contributed by atoms with van der Waals surface area (Å²) in [6.07, 6.45) is 5.24. The number of methoxy groups -OCH3 is 2. The van der Waals surface area contributed by atoms with Gasteiger partial charge in [0.15, 0.2) is 0 Å². The summed E-state index contributed by atoms with van der Waals surface area (Å²) < 4.78 is 30.9. The number of esters is 1. The van der Waals surface area contributed by atoms with Crippen molar-refractivity contribution in [3.8, 4) is 16.9 Å². The summed E-state index contributed by atoms with van der Waals surface area (Å²) in [5.41, 5.74) is 5.15. The van der Waals surface area contributed by atoms with Crippen LogP contribution in [0.15, 0.2) is 54.7 Å². The number of ether oxygens (including phenoxy) is 3. The minimum atomic E-state index is -0.682. The van der Waals surface area contributed by atoms with E-state index < -0.39 is 5.60 Å². The largest absolute Gasteiger partial charge is 0.496 e. The average Bonchev–Trinajstić information content (AvgIpc) is 3.58. The molecule has 2 aliphatic rings. The Morgan fingerprint density at radius 3 is 2.65 bits per heavy atom. The van der Waals surface area contributed by atoms with E-state index in [0.29, 0.717) is 19.4 Å². The molecule has 5 rings (SSSR count). The fraction of sp³-hybridized carbons (Fsp3) is 0.333. The Bertz CT molecular complexity index is 1250. The van der Waals surface area contributed by atoms with Crippen LogP contribution in [0.25, 0.3) is 16.7 Å². The summed E-state index contributed by atoms with van der Waals surface area (Å²) in [6.45, 7) is 2.37. The van der Waals surface area contributed by atoms with E-state index in [1.54, 1.807) is 19.2 Å². The predicted molar refractivity (Wildman–Crippen MR) is 126 cm³/mol. The fourth-order valence-corrected chi connectivity index (χ4v) is 5.47. The van der Waals surface area contributed by atoms with E-state index in [-0.39, 0.29) is 23.6 Å². The SMILES string of the molecule is COC(=O)[C@H]1CC[C@@]2(C=C(c3cc(-c4cn[nH]c4C)ccc3OC)CO2)C1c1ccc(F)cc1. The Labute approximate surface area is 197 Å². The minimum Gasteiger partial charge on any atom is -0.496 e. The van der Waals surface area contributed by atoms with Crippen LogP contribution >= 0.6 is 0 Å². The van der Waals surface area contributed by atoms with Crippen LogP contribution in [0.5, 0.6) is 5.75 Å². The second kappa shape index (κ2) is 8.72. The molecule has 0 amide bonds. The smallest absolute Gasteiger partial charge is 0.309 e. The molecule has 1 unspecified atom stereocenters. The van der Waals surface area contributed by atoms with Crippen LogP contribution in [0.2, 0.25) is 0 Å². The van der Waals surface area contributed by atoms with Crippen molar-refractivity contribution >= 4 is 11.5 Å². The van der Waals surface area contributed by atoms with Crippen molar-refractivity contribution in [2.75, 3.05) is 20.8 Å². The quantitative estimate of drug-likeness (QED) is 0.537. The number of rotatable bonds is 5. The van der Waals surface area contributed by atoms with Crippen LogP contribution in [-0.4, -0.2) is 42.6 Å². The third-order valence-corrected chi connectivity index (χ3v) is 7.11. The van der Waals surface area contributed by atoms with Gasteiger partial charge in [0.2, 0.25) is 0 Å². The van der Waals surface area contributed by atoms with E-state index >= 15 is 0 Å². The summed E-state index contributed by atoms with van der Waals surface area (Å²) in [6, 6.07) is 12.4. The van der Waals surface area contributed by atoms with Crippen molar-refractivity contribution in [3.63, 3.8) is 0 Å².